The van der Waals surface area contributed by atoms with Gasteiger partial charge in [-0.1, -0.05) is 148 Å². The zero-order valence-corrected chi connectivity index (χ0v) is 29.9. The summed E-state index contributed by atoms with van der Waals surface area (Å²) in [5.74, 6) is -0.450. The second-order valence-electron chi connectivity index (χ2n) is 12.6. The van der Waals surface area contributed by atoms with E-state index in [1.165, 1.54) is 103 Å². The highest BCUT2D eigenvalue weighted by Crippen LogP contribution is 2.43. The van der Waals surface area contributed by atoms with Crippen LogP contribution in [-0.2, 0) is 18.4 Å². The Morgan fingerprint density at radius 1 is 0.756 bits per heavy atom. The molecule has 0 aromatic rings. The molecule has 0 fully saturated rings. The Kier molecular flexibility index (Phi) is 31.2. The topological polar surface area (TPSA) is 151 Å². The molecule has 6 N–H and O–H groups in total. The fourth-order valence-electron chi connectivity index (χ4n) is 5.35. The van der Waals surface area contributed by atoms with Gasteiger partial charge in [0, 0.05) is 6.54 Å². The number of aliphatic hydroxyl groups excluding tert-OH is 2. The maximum absolute atomic E-state index is 12.7. The minimum Gasteiger partial charge on any atom is -0.392 e. The number of phosphoric ester groups is 1. The van der Waals surface area contributed by atoms with Crippen LogP contribution in [-0.4, -0.2) is 59.0 Å². The lowest BCUT2D eigenvalue weighted by atomic mass is 10.0. The number of allylic oxidation sites excluding steroid dienone is 1. The Morgan fingerprint density at radius 2 is 1.24 bits per heavy atom. The van der Waals surface area contributed by atoms with E-state index in [0.29, 0.717) is 12.8 Å². The van der Waals surface area contributed by atoms with Crippen LogP contribution in [0.5, 0.6) is 0 Å². The van der Waals surface area contributed by atoms with Gasteiger partial charge in [0.1, 0.15) is 0 Å². The highest BCUT2D eigenvalue weighted by molar-refractivity contribution is 7.47. The first kappa shape index (κ1) is 44.2. The molecule has 0 bridgehead atoms. The predicted octanol–water partition coefficient (Wildman–Crippen LogP) is 8.24. The SMILES string of the molecule is CCCCCC/C=C\CC(O)CC(=O)NC(COP(=O)(O)OCCN)C(O)CCCCCCCCCCCCCCCCCC. The molecule has 45 heavy (non-hydrogen) atoms. The molecule has 268 valence electrons. The molecule has 0 spiro atoms. The van der Waals surface area contributed by atoms with E-state index in [0.717, 1.165) is 32.1 Å². The maximum Gasteiger partial charge on any atom is 0.472 e. The van der Waals surface area contributed by atoms with Crippen LogP contribution in [0.15, 0.2) is 12.2 Å². The molecule has 0 radical (unpaired) electrons. The number of amides is 1. The third kappa shape index (κ3) is 30.3. The smallest absolute Gasteiger partial charge is 0.392 e. The molecule has 10 heteroatoms. The molecular weight excluding hydrogens is 591 g/mol. The van der Waals surface area contributed by atoms with Crippen molar-refractivity contribution in [1.29, 1.82) is 0 Å². The van der Waals surface area contributed by atoms with Crippen LogP contribution in [0, 0.1) is 0 Å². The zero-order chi connectivity index (χ0) is 33.4. The second-order valence-corrected chi connectivity index (χ2v) is 14.1. The van der Waals surface area contributed by atoms with Crippen molar-refractivity contribution in [2.24, 2.45) is 5.73 Å². The Labute approximate surface area is 276 Å². The van der Waals surface area contributed by atoms with Gasteiger partial charge in [0.15, 0.2) is 0 Å². The number of phosphoric acid groups is 1. The first-order valence-electron chi connectivity index (χ1n) is 18.4. The summed E-state index contributed by atoms with van der Waals surface area (Å²) in [5.41, 5.74) is 5.34. The number of hydrogen-bond donors (Lipinski definition) is 5. The molecule has 1 amide bonds. The Bertz CT molecular complexity index is 741. The van der Waals surface area contributed by atoms with Crippen molar-refractivity contribution in [2.45, 2.75) is 186 Å². The lowest BCUT2D eigenvalue weighted by Gasteiger charge is -2.25. The summed E-state index contributed by atoms with van der Waals surface area (Å²) in [6.45, 7) is 3.95. The highest BCUT2D eigenvalue weighted by atomic mass is 31.2. The summed E-state index contributed by atoms with van der Waals surface area (Å²) < 4.78 is 22.0. The van der Waals surface area contributed by atoms with Gasteiger partial charge in [0.05, 0.1) is 37.9 Å². The van der Waals surface area contributed by atoms with E-state index in [9.17, 15) is 24.5 Å². The van der Waals surface area contributed by atoms with Crippen molar-refractivity contribution in [3.63, 3.8) is 0 Å². The summed E-state index contributed by atoms with van der Waals surface area (Å²) in [4.78, 5) is 22.5. The van der Waals surface area contributed by atoms with Crippen molar-refractivity contribution >= 4 is 13.7 Å². The minimum absolute atomic E-state index is 0.0566. The third-order valence-electron chi connectivity index (χ3n) is 8.17. The van der Waals surface area contributed by atoms with Crippen molar-refractivity contribution in [3.05, 3.63) is 12.2 Å². The van der Waals surface area contributed by atoms with Gasteiger partial charge in [0.25, 0.3) is 0 Å². The van der Waals surface area contributed by atoms with E-state index < -0.39 is 38.6 Å². The number of nitrogens with one attached hydrogen (secondary N) is 1. The average molecular weight is 663 g/mol. The fraction of sp³-hybridized carbons (Fsp3) is 0.914. The van der Waals surface area contributed by atoms with Gasteiger partial charge >= 0.3 is 7.82 Å². The largest absolute Gasteiger partial charge is 0.472 e. The first-order chi connectivity index (χ1) is 21.8. The standard InChI is InChI=1S/C35H71N2O7P/c1-3-5-7-9-11-12-13-14-15-16-17-18-19-21-23-25-27-34(39)33(31-44-45(41,42)43-29-28-36)37-35(40)30-32(38)26-24-22-20-10-8-6-4-2/h22,24,32-34,38-39H,3-21,23,25-31,36H2,1-2H3,(H,37,40)(H,41,42)/b24-22-. The molecular formula is C35H71N2O7P. The number of carbonyl (C=O) groups is 1. The predicted molar refractivity (Wildman–Crippen MR) is 186 cm³/mol. The van der Waals surface area contributed by atoms with Crippen molar-refractivity contribution < 1.29 is 33.5 Å². The molecule has 4 unspecified atom stereocenters. The van der Waals surface area contributed by atoms with Crippen molar-refractivity contribution in [3.8, 4) is 0 Å². The monoisotopic (exact) mass is 662 g/mol. The third-order valence-corrected chi connectivity index (χ3v) is 9.16. The second kappa shape index (κ2) is 31.8. The number of rotatable bonds is 34. The van der Waals surface area contributed by atoms with Gasteiger partial charge in [-0.05, 0) is 25.7 Å². The number of unbranched alkanes of at least 4 members (excludes halogenated alkanes) is 19. The number of nitrogens with two attached hydrogens (primary N) is 1. The average Bonchev–Trinajstić information content (AvgIpc) is 3.01. The Morgan fingerprint density at radius 3 is 1.76 bits per heavy atom. The molecule has 9 nitrogen and oxygen atoms in total. The molecule has 0 heterocycles. The summed E-state index contributed by atoms with van der Waals surface area (Å²) in [5, 5.41) is 23.8. The first-order valence-corrected chi connectivity index (χ1v) is 19.9. The Balaban J connectivity index is 4.36. The maximum atomic E-state index is 12.7. The van der Waals surface area contributed by atoms with Crippen molar-refractivity contribution in [1.82, 2.24) is 5.32 Å². The van der Waals surface area contributed by atoms with Crippen LogP contribution >= 0.6 is 7.82 Å². The van der Waals surface area contributed by atoms with Crippen LogP contribution < -0.4 is 11.1 Å². The summed E-state index contributed by atoms with van der Waals surface area (Å²) in [7, 11) is -4.37. The van der Waals surface area contributed by atoms with Gasteiger partial charge in [-0.25, -0.2) is 4.57 Å². The molecule has 0 rings (SSSR count). The molecule has 0 aliphatic carbocycles. The quantitative estimate of drug-likeness (QED) is 0.0263. The van der Waals surface area contributed by atoms with E-state index in [1.54, 1.807) is 0 Å². The van der Waals surface area contributed by atoms with Gasteiger partial charge < -0.3 is 26.2 Å². The van der Waals surface area contributed by atoms with Gasteiger partial charge in [-0.2, -0.15) is 0 Å². The van der Waals surface area contributed by atoms with Gasteiger partial charge in [0.2, 0.25) is 5.91 Å². The molecule has 4 atom stereocenters. The van der Waals surface area contributed by atoms with Crippen LogP contribution in [0.25, 0.3) is 0 Å². The summed E-state index contributed by atoms with van der Waals surface area (Å²) in [6.07, 6.45) is 28.6. The zero-order valence-electron chi connectivity index (χ0n) is 29.0. The van der Waals surface area contributed by atoms with E-state index in [1.807, 2.05) is 12.2 Å². The molecule has 0 saturated heterocycles. The molecule has 0 saturated carbocycles. The lowest BCUT2D eigenvalue weighted by molar-refractivity contribution is -0.125. The normalized spacial score (nSPS) is 15.2. The lowest BCUT2D eigenvalue weighted by Crippen LogP contribution is -2.47. The minimum atomic E-state index is -4.37. The van der Waals surface area contributed by atoms with Crippen LogP contribution in [0.2, 0.25) is 0 Å². The van der Waals surface area contributed by atoms with E-state index in [4.69, 9.17) is 14.8 Å². The Hall–Kier alpha value is -0.800. The van der Waals surface area contributed by atoms with Crippen LogP contribution in [0.4, 0.5) is 0 Å². The number of hydrogen-bond acceptors (Lipinski definition) is 7. The number of aliphatic hydroxyl groups is 2. The van der Waals surface area contributed by atoms with Gasteiger partial charge in [-0.15, -0.1) is 0 Å². The summed E-state index contributed by atoms with van der Waals surface area (Å²) in [6, 6.07) is -0.905. The van der Waals surface area contributed by atoms with Crippen molar-refractivity contribution in [2.75, 3.05) is 19.8 Å². The molecule has 0 aliphatic rings. The van der Waals surface area contributed by atoms with E-state index in [2.05, 4.69) is 19.2 Å². The fourth-order valence-corrected chi connectivity index (χ4v) is 6.11. The van der Waals surface area contributed by atoms with E-state index in [-0.39, 0.29) is 19.6 Å². The van der Waals surface area contributed by atoms with Crippen LogP contribution in [0.1, 0.15) is 168 Å². The molecule has 0 aliphatic heterocycles. The number of carbonyl (C=O) groups excluding carboxylic acids is 1. The highest BCUT2D eigenvalue weighted by Gasteiger charge is 2.28. The van der Waals surface area contributed by atoms with Gasteiger partial charge in [-0.3, -0.25) is 13.8 Å². The molecule has 0 aromatic heterocycles. The summed E-state index contributed by atoms with van der Waals surface area (Å²) >= 11 is 0. The van der Waals surface area contributed by atoms with Crippen LogP contribution in [0.3, 0.4) is 0 Å². The van der Waals surface area contributed by atoms with E-state index >= 15 is 0 Å². The molecule has 0 aromatic carbocycles.